The normalized spacial score (nSPS) is 11.0. The van der Waals surface area contributed by atoms with Crippen molar-refractivity contribution in [1.82, 2.24) is 4.40 Å². The average molecular weight is 309 g/mol. The lowest BCUT2D eigenvalue weighted by Crippen LogP contribution is -1.94. The van der Waals surface area contributed by atoms with Gasteiger partial charge in [0.05, 0.1) is 5.69 Å². The number of benzene rings is 1. The van der Waals surface area contributed by atoms with E-state index in [1.807, 2.05) is 29.3 Å². The number of hydrogen-bond acceptors (Lipinski definition) is 2. The topological polar surface area (TPSA) is 21.5 Å². The van der Waals surface area contributed by atoms with E-state index in [9.17, 15) is 4.79 Å². The third-order valence-corrected chi connectivity index (χ3v) is 4.75. The van der Waals surface area contributed by atoms with Crippen LogP contribution >= 0.6 is 11.8 Å². The number of carbonyl (C=O) groups excluding carboxylic acids is 1. The molecule has 3 aromatic rings. The summed E-state index contributed by atoms with van der Waals surface area (Å²) in [6.07, 6.45) is 2.98. The molecular weight excluding hydrogens is 290 g/mol. The Kier molecular flexibility index (Phi) is 4.08. The van der Waals surface area contributed by atoms with Gasteiger partial charge in [0.25, 0.3) is 0 Å². The molecule has 2 nitrogen and oxygen atoms in total. The highest BCUT2D eigenvalue weighted by molar-refractivity contribution is 7.99. The fourth-order valence-corrected chi connectivity index (χ4v) is 3.57. The van der Waals surface area contributed by atoms with E-state index in [4.69, 9.17) is 0 Å². The van der Waals surface area contributed by atoms with Gasteiger partial charge in [0.1, 0.15) is 0 Å². The number of aryl methyl sites for hydroxylation is 2. The molecule has 0 saturated heterocycles. The molecule has 1 aromatic carbocycles. The summed E-state index contributed by atoms with van der Waals surface area (Å²) in [4.78, 5) is 12.9. The standard InChI is InChI=1S/C19H19NOS/c1-4-22-19-8-6-13(2)9-17(19)16-10-15-7-5-14(3)11-20(15)18(16)12-21/h5-12H,4H2,1-3H3. The first-order valence-electron chi connectivity index (χ1n) is 7.44. The summed E-state index contributed by atoms with van der Waals surface area (Å²) in [5.41, 5.74) is 6.29. The van der Waals surface area contributed by atoms with Crippen LogP contribution in [0.5, 0.6) is 0 Å². The summed E-state index contributed by atoms with van der Waals surface area (Å²) in [7, 11) is 0. The molecule has 0 amide bonds. The van der Waals surface area contributed by atoms with Crippen LogP contribution in [-0.4, -0.2) is 16.4 Å². The second-order valence-electron chi connectivity index (χ2n) is 5.50. The van der Waals surface area contributed by atoms with Crippen LogP contribution in [0.15, 0.2) is 47.5 Å². The first-order valence-corrected chi connectivity index (χ1v) is 8.43. The Bertz CT molecular complexity index is 848. The van der Waals surface area contributed by atoms with Crippen molar-refractivity contribution in [2.45, 2.75) is 25.7 Å². The number of aldehydes is 1. The van der Waals surface area contributed by atoms with Gasteiger partial charge in [-0.25, -0.2) is 0 Å². The van der Waals surface area contributed by atoms with Gasteiger partial charge in [-0.2, -0.15) is 0 Å². The zero-order chi connectivity index (χ0) is 15.7. The van der Waals surface area contributed by atoms with E-state index in [-0.39, 0.29) is 0 Å². The molecule has 0 N–H and O–H groups in total. The van der Waals surface area contributed by atoms with E-state index in [1.165, 1.54) is 10.5 Å². The van der Waals surface area contributed by atoms with E-state index in [0.717, 1.165) is 39.9 Å². The number of hydrogen-bond donors (Lipinski definition) is 0. The molecule has 0 saturated carbocycles. The van der Waals surface area contributed by atoms with Gasteiger partial charge in [0, 0.05) is 22.2 Å². The van der Waals surface area contributed by atoms with Gasteiger partial charge < -0.3 is 4.40 Å². The highest BCUT2D eigenvalue weighted by Crippen LogP contribution is 2.35. The molecule has 0 aliphatic rings. The van der Waals surface area contributed by atoms with Crippen molar-refractivity contribution in [2.24, 2.45) is 0 Å². The molecule has 0 radical (unpaired) electrons. The van der Waals surface area contributed by atoms with Gasteiger partial charge in [-0.1, -0.05) is 30.7 Å². The van der Waals surface area contributed by atoms with E-state index in [1.54, 1.807) is 0 Å². The Morgan fingerprint density at radius 3 is 2.55 bits per heavy atom. The number of fused-ring (bicyclic) bond motifs is 1. The molecule has 112 valence electrons. The Morgan fingerprint density at radius 2 is 1.82 bits per heavy atom. The lowest BCUT2D eigenvalue weighted by atomic mass is 10.0. The maximum Gasteiger partial charge on any atom is 0.167 e. The van der Waals surface area contributed by atoms with Crippen molar-refractivity contribution < 1.29 is 4.79 Å². The van der Waals surface area contributed by atoms with Crippen LogP contribution in [0.2, 0.25) is 0 Å². The Morgan fingerprint density at radius 1 is 1.05 bits per heavy atom. The van der Waals surface area contributed by atoms with Gasteiger partial charge in [0.15, 0.2) is 6.29 Å². The molecule has 22 heavy (non-hydrogen) atoms. The first-order chi connectivity index (χ1) is 10.6. The van der Waals surface area contributed by atoms with Gasteiger partial charge in [-0.3, -0.25) is 4.79 Å². The van der Waals surface area contributed by atoms with Crippen LogP contribution in [-0.2, 0) is 0 Å². The number of pyridine rings is 1. The minimum atomic E-state index is 0.724. The molecule has 0 aliphatic heterocycles. The molecule has 3 rings (SSSR count). The fourth-order valence-electron chi connectivity index (χ4n) is 2.77. The van der Waals surface area contributed by atoms with Crippen molar-refractivity contribution in [3.63, 3.8) is 0 Å². The average Bonchev–Trinajstić information content (AvgIpc) is 2.86. The van der Waals surface area contributed by atoms with Crippen LogP contribution in [0.25, 0.3) is 16.6 Å². The highest BCUT2D eigenvalue weighted by atomic mass is 32.2. The Balaban J connectivity index is 2.30. The maximum atomic E-state index is 11.7. The molecule has 0 aliphatic carbocycles. The van der Waals surface area contributed by atoms with Crippen molar-refractivity contribution in [1.29, 1.82) is 0 Å². The summed E-state index contributed by atoms with van der Waals surface area (Å²) in [5, 5.41) is 0. The van der Waals surface area contributed by atoms with Crippen LogP contribution < -0.4 is 0 Å². The summed E-state index contributed by atoms with van der Waals surface area (Å²) < 4.78 is 1.99. The summed E-state index contributed by atoms with van der Waals surface area (Å²) in [6.45, 7) is 6.28. The molecule has 0 fully saturated rings. The molecule has 0 atom stereocenters. The van der Waals surface area contributed by atoms with E-state index in [2.05, 4.69) is 50.2 Å². The molecule has 0 unspecified atom stereocenters. The van der Waals surface area contributed by atoms with Crippen molar-refractivity contribution in [2.75, 3.05) is 5.75 Å². The summed E-state index contributed by atoms with van der Waals surface area (Å²) >= 11 is 1.81. The van der Waals surface area contributed by atoms with Crippen LogP contribution in [0, 0.1) is 13.8 Å². The zero-order valence-corrected chi connectivity index (χ0v) is 13.9. The predicted octanol–water partition coefficient (Wildman–Crippen LogP) is 5.15. The summed E-state index contributed by atoms with van der Waals surface area (Å²) in [6, 6.07) is 12.7. The highest BCUT2D eigenvalue weighted by Gasteiger charge is 2.15. The third kappa shape index (κ3) is 2.57. The van der Waals surface area contributed by atoms with Gasteiger partial charge in [-0.05, 0) is 48.9 Å². The van der Waals surface area contributed by atoms with Gasteiger partial charge in [-0.15, -0.1) is 11.8 Å². The van der Waals surface area contributed by atoms with Crippen LogP contribution in [0.1, 0.15) is 28.5 Å². The Labute approximate surface area is 135 Å². The summed E-state index contributed by atoms with van der Waals surface area (Å²) in [5.74, 6) is 1.01. The fraction of sp³-hybridized carbons (Fsp3) is 0.211. The SMILES string of the molecule is CCSc1ccc(C)cc1-c1cc2ccc(C)cn2c1C=O. The molecule has 2 aromatic heterocycles. The van der Waals surface area contributed by atoms with Gasteiger partial charge >= 0.3 is 0 Å². The maximum absolute atomic E-state index is 11.7. The van der Waals surface area contributed by atoms with Crippen LogP contribution in [0.4, 0.5) is 0 Å². The predicted molar refractivity (Wildman–Crippen MR) is 94.1 cm³/mol. The number of aromatic nitrogens is 1. The smallest absolute Gasteiger partial charge is 0.167 e. The van der Waals surface area contributed by atoms with Gasteiger partial charge in [0.2, 0.25) is 0 Å². The molecule has 0 spiro atoms. The number of carbonyl (C=O) groups is 1. The minimum absolute atomic E-state index is 0.724. The number of rotatable bonds is 4. The van der Waals surface area contributed by atoms with E-state index < -0.39 is 0 Å². The van der Waals surface area contributed by atoms with Crippen LogP contribution in [0.3, 0.4) is 0 Å². The van der Waals surface area contributed by atoms with E-state index in [0.29, 0.717) is 0 Å². The molecule has 3 heteroatoms. The van der Waals surface area contributed by atoms with Crippen molar-refractivity contribution >= 4 is 23.6 Å². The zero-order valence-electron chi connectivity index (χ0n) is 13.1. The van der Waals surface area contributed by atoms with Crippen molar-refractivity contribution in [3.05, 3.63) is 59.4 Å². The molecule has 2 heterocycles. The quantitative estimate of drug-likeness (QED) is 0.491. The second-order valence-corrected chi connectivity index (χ2v) is 6.80. The third-order valence-electron chi connectivity index (χ3n) is 3.79. The first kappa shape index (κ1) is 14.9. The van der Waals surface area contributed by atoms with Crippen molar-refractivity contribution in [3.8, 4) is 11.1 Å². The minimum Gasteiger partial charge on any atom is -0.313 e. The lowest BCUT2D eigenvalue weighted by molar-refractivity contribution is 0.111. The number of thioether (sulfide) groups is 1. The molecule has 0 bridgehead atoms. The second kappa shape index (κ2) is 6.01. The molecular formula is C19H19NOS. The van der Waals surface area contributed by atoms with E-state index >= 15 is 0 Å². The monoisotopic (exact) mass is 309 g/mol. The number of nitrogens with zero attached hydrogens (tertiary/aromatic N) is 1. The Hall–Kier alpha value is -2.00. The largest absolute Gasteiger partial charge is 0.313 e. The lowest BCUT2D eigenvalue weighted by Gasteiger charge is -2.09.